The summed E-state index contributed by atoms with van der Waals surface area (Å²) in [7, 11) is 0. The van der Waals surface area contributed by atoms with Crippen molar-refractivity contribution in [1.82, 2.24) is 0 Å². The highest BCUT2D eigenvalue weighted by Gasteiger charge is 2.05. The van der Waals surface area contributed by atoms with E-state index in [2.05, 4.69) is 0 Å². The summed E-state index contributed by atoms with van der Waals surface area (Å²) in [4.78, 5) is 11.6. The largest absolute Gasteiger partial charge is 0.482 e. The molecule has 0 N–H and O–H groups in total. The van der Waals surface area contributed by atoms with E-state index in [0.29, 0.717) is 16.3 Å². The molecular formula is C16H12ClNO3. The summed E-state index contributed by atoms with van der Waals surface area (Å²) < 4.78 is 10.3. The SMILES string of the molecule is N#Cc1ccc(COC(=O)COc2cccc(Cl)c2)cc1. The van der Waals surface area contributed by atoms with E-state index in [-0.39, 0.29) is 13.2 Å². The van der Waals surface area contributed by atoms with Gasteiger partial charge in [0.2, 0.25) is 0 Å². The van der Waals surface area contributed by atoms with Crippen molar-refractivity contribution in [3.8, 4) is 11.8 Å². The fraction of sp³-hybridized carbons (Fsp3) is 0.125. The van der Waals surface area contributed by atoms with Crippen LogP contribution in [-0.2, 0) is 16.1 Å². The lowest BCUT2D eigenvalue weighted by atomic mass is 10.2. The first-order valence-corrected chi connectivity index (χ1v) is 6.58. The number of carbonyl (C=O) groups excluding carboxylic acids is 1. The quantitative estimate of drug-likeness (QED) is 0.795. The average Bonchev–Trinajstić information content (AvgIpc) is 2.51. The Morgan fingerprint density at radius 1 is 1.19 bits per heavy atom. The van der Waals surface area contributed by atoms with Gasteiger partial charge >= 0.3 is 5.97 Å². The molecule has 2 aromatic rings. The van der Waals surface area contributed by atoms with Crippen LogP contribution in [0, 0.1) is 11.3 Å². The van der Waals surface area contributed by atoms with E-state index < -0.39 is 5.97 Å². The summed E-state index contributed by atoms with van der Waals surface area (Å²) in [5.41, 5.74) is 1.37. The van der Waals surface area contributed by atoms with Crippen molar-refractivity contribution >= 4 is 17.6 Å². The van der Waals surface area contributed by atoms with Gasteiger partial charge in [-0.25, -0.2) is 4.79 Å². The van der Waals surface area contributed by atoms with Crippen molar-refractivity contribution in [2.75, 3.05) is 6.61 Å². The van der Waals surface area contributed by atoms with Crippen LogP contribution in [0.4, 0.5) is 0 Å². The molecule has 0 bridgehead atoms. The molecule has 0 fully saturated rings. The van der Waals surface area contributed by atoms with E-state index in [1.165, 1.54) is 0 Å². The second kappa shape index (κ2) is 7.32. The van der Waals surface area contributed by atoms with Crippen LogP contribution in [0.15, 0.2) is 48.5 Å². The molecule has 0 amide bonds. The first-order valence-electron chi connectivity index (χ1n) is 6.20. The van der Waals surface area contributed by atoms with E-state index in [1.54, 1.807) is 48.5 Å². The third-order valence-corrected chi connectivity index (χ3v) is 2.87. The number of carbonyl (C=O) groups is 1. The zero-order chi connectivity index (χ0) is 15.1. The van der Waals surface area contributed by atoms with Crippen molar-refractivity contribution in [3.63, 3.8) is 0 Å². The molecule has 0 atom stereocenters. The number of nitrogens with zero attached hydrogens (tertiary/aromatic N) is 1. The average molecular weight is 302 g/mol. The van der Waals surface area contributed by atoms with Gasteiger partial charge in [-0.3, -0.25) is 0 Å². The zero-order valence-corrected chi connectivity index (χ0v) is 11.8. The van der Waals surface area contributed by atoms with Gasteiger partial charge < -0.3 is 9.47 Å². The maximum atomic E-state index is 11.6. The maximum absolute atomic E-state index is 11.6. The van der Waals surface area contributed by atoms with Gasteiger partial charge in [0.1, 0.15) is 12.4 Å². The fourth-order valence-electron chi connectivity index (χ4n) is 1.58. The molecule has 0 heterocycles. The predicted molar refractivity (Wildman–Crippen MR) is 77.9 cm³/mol. The number of halogens is 1. The van der Waals surface area contributed by atoms with Gasteiger partial charge in [0, 0.05) is 5.02 Å². The minimum absolute atomic E-state index is 0.142. The predicted octanol–water partition coefficient (Wildman–Crippen LogP) is 3.33. The monoisotopic (exact) mass is 301 g/mol. The molecule has 21 heavy (non-hydrogen) atoms. The third kappa shape index (κ3) is 4.83. The first-order chi connectivity index (χ1) is 10.2. The Hall–Kier alpha value is -2.51. The number of benzene rings is 2. The first kappa shape index (κ1) is 14.9. The lowest BCUT2D eigenvalue weighted by Gasteiger charge is -2.07. The van der Waals surface area contributed by atoms with Gasteiger partial charge in [0.25, 0.3) is 0 Å². The number of ether oxygens (including phenoxy) is 2. The van der Waals surface area contributed by atoms with Gasteiger partial charge in [0.05, 0.1) is 11.6 Å². The zero-order valence-electron chi connectivity index (χ0n) is 11.1. The van der Waals surface area contributed by atoms with Crippen molar-refractivity contribution in [2.24, 2.45) is 0 Å². The van der Waals surface area contributed by atoms with E-state index >= 15 is 0 Å². The molecule has 2 rings (SSSR count). The van der Waals surface area contributed by atoms with Gasteiger partial charge in [-0.05, 0) is 35.9 Å². The Morgan fingerprint density at radius 3 is 2.62 bits per heavy atom. The van der Waals surface area contributed by atoms with Crippen molar-refractivity contribution in [3.05, 3.63) is 64.7 Å². The minimum Gasteiger partial charge on any atom is -0.482 e. The molecule has 0 radical (unpaired) electrons. The van der Waals surface area contributed by atoms with Crippen LogP contribution in [0.25, 0.3) is 0 Å². The minimum atomic E-state index is -0.473. The number of rotatable bonds is 5. The summed E-state index contributed by atoms with van der Waals surface area (Å²) in [6, 6.07) is 15.6. The molecule has 0 saturated heterocycles. The second-order valence-electron chi connectivity index (χ2n) is 4.22. The summed E-state index contributed by atoms with van der Waals surface area (Å²) >= 11 is 5.81. The molecule has 106 valence electrons. The molecule has 5 heteroatoms. The summed E-state index contributed by atoms with van der Waals surface area (Å²) in [6.45, 7) is -0.0416. The van der Waals surface area contributed by atoms with Crippen LogP contribution in [0.5, 0.6) is 5.75 Å². The second-order valence-corrected chi connectivity index (χ2v) is 4.65. The van der Waals surface area contributed by atoms with E-state index in [1.807, 2.05) is 6.07 Å². The van der Waals surface area contributed by atoms with Gasteiger partial charge in [0.15, 0.2) is 6.61 Å². The highest BCUT2D eigenvalue weighted by Crippen LogP contribution is 2.17. The lowest BCUT2D eigenvalue weighted by Crippen LogP contribution is -2.14. The Morgan fingerprint density at radius 2 is 1.95 bits per heavy atom. The fourth-order valence-corrected chi connectivity index (χ4v) is 1.76. The smallest absolute Gasteiger partial charge is 0.344 e. The number of esters is 1. The molecule has 0 spiro atoms. The standard InChI is InChI=1S/C16H12ClNO3/c17-14-2-1-3-15(8-14)20-11-16(19)21-10-13-6-4-12(9-18)5-7-13/h1-8H,10-11H2. The molecule has 0 aliphatic carbocycles. The molecule has 0 aliphatic heterocycles. The highest BCUT2D eigenvalue weighted by molar-refractivity contribution is 6.30. The lowest BCUT2D eigenvalue weighted by molar-refractivity contribution is -0.147. The van der Waals surface area contributed by atoms with E-state index in [0.717, 1.165) is 5.56 Å². The van der Waals surface area contributed by atoms with E-state index in [9.17, 15) is 4.79 Å². The molecular weight excluding hydrogens is 290 g/mol. The summed E-state index contributed by atoms with van der Waals surface area (Å²) in [6.07, 6.45) is 0. The molecule has 2 aromatic carbocycles. The number of hydrogen-bond acceptors (Lipinski definition) is 4. The molecule has 4 nitrogen and oxygen atoms in total. The Bertz CT molecular complexity index is 662. The van der Waals surface area contributed by atoms with Crippen molar-refractivity contribution in [1.29, 1.82) is 5.26 Å². The maximum Gasteiger partial charge on any atom is 0.344 e. The van der Waals surface area contributed by atoms with Gasteiger partial charge in [-0.1, -0.05) is 29.8 Å². The van der Waals surface area contributed by atoms with Crippen LogP contribution in [0.1, 0.15) is 11.1 Å². The molecule has 0 unspecified atom stereocenters. The third-order valence-electron chi connectivity index (χ3n) is 2.64. The Balaban J connectivity index is 1.78. The molecule has 0 aromatic heterocycles. The normalized spacial score (nSPS) is 9.71. The summed E-state index contributed by atoms with van der Waals surface area (Å²) in [5, 5.41) is 9.22. The van der Waals surface area contributed by atoms with Crippen LogP contribution in [0.2, 0.25) is 5.02 Å². The highest BCUT2D eigenvalue weighted by atomic mass is 35.5. The van der Waals surface area contributed by atoms with Crippen LogP contribution < -0.4 is 4.74 Å². The van der Waals surface area contributed by atoms with Gasteiger partial charge in [-0.15, -0.1) is 0 Å². The van der Waals surface area contributed by atoms with Crippen LogP contribution >= 0.6 is 11.6 Å². The van der Waals surface area contributed by atoms with E-state index in [4.69, 9.17) is 26.3 Å². The topological polar surface area (TPSA) is 59.3 Å². The van der Waals surface area contributed by atoms with Crippen LogP contribution in [-0.4, -0.2) is 12.6 Å². The number of hydrogen-bond donors (Lipinski definition) is 0. The van der Waals surface area contributed by atoms with Crippen LogP contribution in [0.3, 0.4) is 0 Å². The Kier molecular flexibility index (Phi) is 5.19. The van der Waals surface area contributed by atoms with Gasteiger partial charge in [-0.2, -0.15) is 5.26 Å². The summed E-state index contributed by atoms with van der Waals surface area (Å²) in [5.74, 6) is 0.0390. The van der Waals surface area contributed by atoms with Crippen molar-refractivity contribution < 1.29 is 14.3 Å². The molecule has 0 aliphatic rings. The Labute approximate surface area is 127 Å². The van der Waals surface area contributed by atoms with Crippen molar-refractivity contribution in [2.45, 2.75) is 6.61 Å². The number of nitriles is 1. The molecule has 0 saturated carbocycles.